The Morgan fingerprint density at radius 1 is 1.20 bits per heavy atom. The van der Waals surface area contributed by atoms with Gasteiger partial charge in [-0.15, -0.1) is 0 Å². The number of nitrogens with one attached hydrogen (secondary N) is 1. The number of nitro groups is 1. The van der Waals surface area contributed by atoms with Crippen molar-refractivity contribution in [1.29, 1.82) is 0 Å². The fourth-order valence-corrected chi connectivity index (χ4v) is 2.32. The van der Waals surface area contributed by atoms with E-state index in [4.69, 9.17) is 0 Å². The first kappa shape index (κ1) is 14.3. The van der Waals surface area contributed by atoms with Crippen molar-refractivity contribution in [3.63, 3.8) is 0 Å². The number of amides is 1. The standard InChI is InChI=1S/C14H19N3O3/c18-14(16-10-2-1-3-11-16)8-9-15-12-4-6-13(7-5-12)17(19)20/h4-7,15H,1-3,8-11H2. The van der Waals surface area contributed by atoms with Crippen LogP contribution < -0.4 is 5.32 Å². The maximum atomic E-state index is 11.9. The Bertz CT molecular complexity index is 467. The zero-order chi connectivity index (χ0) is 14.4. The van der Waals surface area contributed by atoms with Gasteiger partial charge in [-0.25, -0.2) is 0 Å². The van der Waals surface area contributed by atoms with Gasteiger partial charge in [0.2, 0.25) is 5.91 Å². The minimum atomic E-state index is -0.427. The number of hydrogen-bond donors (Lipinski definition) is 1. The van der Waals surface area contributed by atoms with Gasteiger partial charge in [0.1, 0.15) is 0 Å². The number of carbonyl (C=O) groups is 1. The number of likely N-dealkylation sites (tertiary alicyclic amines) is 1. The number of piperidine rings is 1. The highest BCUT2D eigenvalue weighted by Gasteiger charge is 2.15. The van der Waals surface area contributed by atoms with E-state index in [2.05, 4.69) is 5.32 Å². The fourth-order valence-electron chi connectivity index (χ4n) is 2.32. The summed E-state index contributed by atoms with van der Waals surface area (Å²) in [7, 11) is 0. The molecule has 0 saturated carbocycles. The second-order valence-corrected chi connectivity index (χ2v) is 4.92. The first-order valence-corrected chi connectivity index (χ1v) is 6.93. The van der Waals surface area contributed by atoms with E-state index in [9.17, 15) is 14.9 Å². The van der Waals surface area contributed by atoms with Crippen molar-refractivity contribution in [2.45, 2.75) is 25.7 Å². The van der Waals surface area contributed by atoms with Gasteiger partial charge in [-0.2, -0.15) is 0 Å². The smallest absolute Gasteiger partial charge is 0.269 e. The zero-order valence-corrected chi connectivity index (χ0v) is 11.4. The maximum Gasteiger partial charge on any atom is 0.269 e. The first-order valence-electron chi connectivity index (χ1n) is 6.93. The van der Waals surface area contributed by atoms with E-state index >= 15 is 0 Å². The van der Waals surface area contributed by atoms with Crippen molar-refractivity contribution in [2.75, 3.05) is 25.0 Å². The molecule has 0 aromatic heterocycles. The van der Waals surface area contributed by atoms with Crippen molar-refractivity contribution in [2.24, 2.45) is 0 Å². The molecule has 1 amide bonds. The molecule has 20 heavy (non-hydrogen) atoms. The van der Waals surface area contributed by atoms with Gasteiger partial charge in [0.05, 0.1) is 4.92 Å². The fraction of sp³-hybridized carbons (Fsp3) is 0.500. The molecule has 0 spiro atoms. The maximum absolute atomic E-state index is 11.9. The van der Waals surface area contributed by atoms with Gasteiger partial charge >= 0.3 is 0 Å². The number of nitro benzene ring substituents is 1. The number of carbonyl (C=O) groups excluding carboxylic acids is 1. The van der Waals surface area contributed by atoms with Gasteiger partial charge in [0, 0.05) is 43.9 Å². The molecule has 1 aromatic rings. The average Bonchev–Trinajstić information content (AvgIpc) is 2.48. The van der Waals surface area contributed by atoms with Gasteiger partial charge in [0.25, 0.3) is 5.69 Å². The highest BCUT2D eigenvalue weighted by atomic mass is 16.6. The van der Waals surface area contributed by atoms with E-state index in [0.29, 0.717) is 13.0 Å². The molecule has 2 rings (SSSR count). The van der Waals surface area contributed by atoms with Crippen molar-refractivity contribution in [3.05, 3.63) is 34.4 Å². The summed E-state index contributed by atoms with van der Waals surface area (Å²) in [6.07, 6.45) is 3.87. The van der Waals surface area contributed by atoms with Crippen LogP contribution in [0.1, 0.15) is 25.7 Å². The summed E-state index contributed by atoms with van der Waals surface area (Å²) < 4.78 is 0. The zero-order valence-electron chi connectivity index (χ0n) is 11.4. The van der Waals surface area contributed by atoms with E-state index in [1.807, 2.05) is 4.90 Å². The molecule has 0 atom stereocenters. The topological polar surface area (TPSA) is 75.5 Å². The summed E-state index contributed by atoms with van der Waals surface area (Å²) in [6, 6.07) is 6.22. The summed E-state index contributed by atoms with van der Waals surface area (Å²) in [5, 5.41) is 13.6. The highest BCUT2D eigenvalue weighted by molar-refractivity contribution is 5.76. The van der Waals surface area contributed by atoms with E-state index in [1.165, 1.54) is 18.6 Å². The summed E-state index contributed by atoms with van der Waals surface area (Å²) >= 11 is 0. The molecule has 1 aromatic carbocycles. The Morgan fingerprint density at radius 2 is 1.85 bits per heavy atom. The molecule has 0 unspecified atom stereocenters. The van der Waals surface area contributed by atoms with E-state index in [1.54, 1.807) is 12.1 Å². The van der Waals surface area contributed by atoms with Crippen LogP contribution in [0.2, 0.25) is 0 Å². The van der Waals surface area contributed by atoms with Crippen LogP contribution in [0.5, 0.6) is 0 Å². The van der Waals surface area contributed by atoms with Gasteiger partial charge in [-0.3, -0.25) is 14.9 Å². The predicted molar refractivity (Wildman–Crippen MR) is 76.6 cm³/mol. The summed E-state index contributed by atoms with van der Waals surface area (Å²) in [5.74, 6) is 0.180. The van der Waals surface area contributed by atoms with E-state index < -0.39 is 4.92 Å². The number of hydrogen-bond acceptors (Lipinski definition) is 4. The Morgan fingerprint density at radius 3 is 2.45 bits per heavy atom. The summed E-state index contributed by atoms with van der Waals surface area (Å²) in [6.45, 7) is 2.29. The lowest BCUT2D eigenvalue weighted by atomic mass is 10.1. The third-order valence-corrected chi connectivity index (χ3v) is 3.45. The van der Waals surface area contributed by atoms with Gasteiger partial charge < -0.3 is 10.2 Å². The molecular weight excluding hydrogens is 258 g/mol. The van der Waals surface area contributed by atoms with Crippen molar-refractivity contribution < 1.29 is 9.72 Å². The molecule has 6 nitrogen and oxygen atoms in total. The van der Waals surface area contributed by atoms with Crippen LogP contribution in [-0.2, 0) is 4.79 Å². The number of non-ortho nitro benzene ring substituents is 1. The van der Waals surface area contributed by atoms with Crippen molar-refractivity contribution in [3.8, 4) is 0 Å². The molecule has 1 fully saturated rings. The third kappa shape index (κ3) is 3.94. The monoisotopic (exact) mass is 277 g/mol. The van der Waals surface area contributed by atoms with Gasteiger partial charge in [-0.1, -0.05) is 0 Å². The van der Waals surface area contributed by atoms with Crippen LogP contribution >= 0.6 is 0 Å². The molecular formula is C14H19N3O3. The molecule has 1 saturated heterocycles. The SMILES string of the molecule is O=C(CCNc1ccc([N+](=O)[O-])cc1)N1CCCCC1. The van der Waals surface area contributed by atoms with Crippen LogP contribution in [0.3, 0.4) is 0 Å². The normalized spacial score (nSPS) is 14.9. The summed E-state index contributed by atoms with van der Waals surface area (Å²) in [5.41, 5.74) is 0.863. The minimum absolute atomic E-state index is 0.0694. The summed E-state index contributed by atoms with van der Waals surface area (Å²) in [4.78, 5) is 23.9. The van der Waals surface area contributed by atoms with Gasteiger partial charge in [0.15, 0.2) is 0 Å². The lowest BCUT2D eigenvalue weighted by Gasteiger charge is -2.26. The van der Waals surface area contributed by atoms with Gasteiger partial charge in [-0.05, 0) is 31.4 Å². The van der Waals surface area contributed by atoms with Crippen LogP contribution in [0, 0.1) is 10.1 Å². The molecule has 6 heteroatoms. The Labute approximate surface area is 117 Å². The second kappa shape index (κ2) is 6.88. The lowest BCUT2D eigenvalue weighted by Crippen LogP contribution is -2.36. The molecule has 108 valence electrons. The molecule has 1 aliphatic rings. The molecule has 0 bridgehead atoms. The first-order chi connectivity index (χ1) is 9.66. The number of anilines is 1. The predicted octanol–water partition coefficient (Wildman–Crippen LogP) is 2.41. The van der Waals surface area contributed by atoms with E-state index in [-0.39, 0.29) is 11.6 Å². The quantitative estimate of drug-likeness (QED) is 0.662. The number of nitrogens with zero attached hydrogens (tertiary/aromatic N) is 2. The lowest BCUT2D eigenvalue weighted by molar-refractivity contribution is -0.384. The molecule has 1 heterocycles. The number of rotatable bonds is 5. The molecule has 0 radical (unpaired) electrons. The van der Waals surface area contributed by atoms with Crippen molar-refractivity contribution in [1.82, 2.24) is 4.90 Å². The third-order valence-electron chi connectivity index (χ3n) is 3.45. The van der Waals surface area contributed by atoms with E-state index in [0.717, 1.165) is 31.6 Å². The molecule has 1 aliphatic heterocycles. The van der Waals surface area contributed by atoms with Crippen LogP contribution in [-0.4, -0.2) is 35.4 Å². The largest absolute Gasteiger partial charge is 0.385 e. The Balaban J connectivity index is 1.74. The Kier molecular flexibility index (Phi) is 4.92. The second-order valence-electron chi connectivity index (χ2n) is 4.92. The highest BCUT2D eigenvalue weighted by Crippen LogP contribution is 2.15. The van der Waals surface area contributed by atoms with Crippen LogP contribution in [0.15, 0.2) is 24.3 Å². The van der Waals surface area contributed by atoms with Crippen LogP contribution in [0.4, 0.5) is 11.4 Å². The van der Waals surface area contributed by atoms with Crippen LogP contribution in [0.25, 0.3) is 0 Å². The molecule has 0 aliphatic carbocycles. The average molecular weight is 277 g/mol. The Hall–Kier alpha value is -2.11. The van der Waals surface area contributed by atoms with Crippen molar-refractivity contribution >= 4 is 17.3 Å². The molecule has 1 N–H and O–H groups in total. The number of benzene rings is 1. The minimum Gasteiger partial charge on any atom is -0.385 e.